The summed E-state index contributed by atoms with van der Waals surface area (Å²) in [5, 5.41) is 5.34. The van der Waals surface area contributed by atoms with Gasteiger partial charge in [-0.05, 0) is 91.5 Å². The van der Waals surface area contributed by atoms with Crippen molar-refractivity contribution in [3.8, 4) is 0 Å². The molecule has 0 aliphatic rings. The van der Waals surface area contributed by atoms with Crippen molar-refractivity contribution in [2.75, 3.05) is 18.4 Å². The van der Waals surface area contributed by atoms with Crippen LogP contribution in [0.3, 0.4) is 0 Å². The van der Waals surface area contributed by atoms with Crippen LogP contribution in [0.4, 0.5) is 15.3 Å². The van der Waals surface area contributed by atoms with Gasteiger partial charge in [-0.15, -0.1) is 0 Å². The van der Waals surface area contributed by atoms with Crippen molar-refractivity contribution in [1.82, 2.24) is 9.62 Å². The predicted octanol–water partition coefficient (Wildman–Crippen LogP) is 5.76. The highest BCUT2D eigenvalue weighted by Gasteiger charge is 2.29. The SMILES string of the molecule is CC(C)CN([C@H](C)CCCCNC(=O)OC(C)(C)C)S(=O)(=O)c1ccc(NC(=O)OC(C)(C)C)cc1. The summed E-state index contributed by atoms with van der Waals surface area (Å²) in [5.41, 5.74) is -0.731. The summed E-state index contributed by atoms with van der Waals surface area (Å²) in [6.07, 6.45) is 1.06. The number of ether oxygens (including phenoxy) is 2. The Hall–Kier alpha value is -2.33. The van der Waals surface area contributed by atoms with Crippen molar-refractivity contribution >= 4 is 27.9 Å². The predicted molar refractivity (Wildman–Crippen MR) is 143 cm³/mol. The second-order valence-electron chi connectivity index (χ2n) is 11.4. The monoisotopic (exact) mass is 527 g/mol. The van der Waals surface area contributed by atoms with E-state index in [1.165, 1.54) is 16.4 Å². The number of unbranched alkanes of at least 4 members (excludes halogenated alkanes) is 1. The van der Waals surface area contributed by atoms with Gasteiger partial charge in [-0.1, -0.05) is 20.3 Å². The van der Waals surface area contributed by atoms with Crippen LogP contribution >= 0.6 is 0 Å². The molecule has 0 unspecified atom stereocenters. The van der Waals surface area contributed by atoms with Gasteiger partial charge in [0.1, 0.15) is 11.2 Å². The second kappa shape index (κ2) is 13.3. The summed E-state index contributed by atoms with van der Waals surface area (Å²) >= 11 is 0. The number of carbonyl (C=O) groups is 2. The molecule has 9 nitrogen and oxygen atoms in total. The Kier molecular flexibility index (Phi) is 11.7. The fourth-order valence-corrected chi connectivity index (χ4v) is 5.18. The lowest BCUT2D eigenvalue weighted by Gasteiger charge is -2.30. The number of nitrogens with one attached hydrogen (secondary N) is 2. The lowest BCUT2D eigenvalue weighted by Crippen LogP contribution is -2.41. The molecule has 0 heterocycles. The number of sulfonamides is 1. The Bertz CT molecular complexity index is 947. The number of alkyl carbamates (subject to hydrolysis) is 1. The third kappa shape index (κ3) is 12.1. The van der Waals surface area contributed by atoms with Crippen LogP contribution in [0, 0.1) is 5.92 Å². The smallest absolute Gasteiger partial charge is 0.412 e. The van der Waals surface area contributed by atoms with E-state index in [2.05, 4.69) is 10.6 Å². The van der Waals surface area contributed by atoms with Crippen molar-refractivity contribution in [2.45, 2.75) is 104 Å². The Morgan fingerprint density at radius 3 is 1.92 bits per heavy atom. The molecule has 0 saturated carbocycles. The van der Waals surface area contributed by atoms with Gasteiger partial charge in [0.15, 0.2) is 0 Å². The molecule has 10 heteroatoms. The number of carbonyl (C=O) groups excluding carboxylic acids is 2. The van der Waals surface area contributed by atoms with E-state index in [1.54, 1.807) is 32.9 Å². The Morgan fingerprint density at radius 1 is 0.889 bits per heavy atom. The minimum absolute atomic E-state index is 0.143. The highest BCUT2D eigenvalue weighted by Crippen LogP contribution is 2.24. The fraction of sp³-hybridized carbons (Fsp3) is 0.692. The highest BCUT2D eigenvalue weighted by atomic mass is 32.2. The molecule has 0 saturated heterocycles. The molecule has 0 radical (unpaired) electrons. The second-order valence-corrected chi connectivity index (χ2v) is 13.3. The molecule has 2 amide bonds. The maximum Gasteiger partial charge on any atom is 0.412 e. The minimum Gasteiger partial charge on any atom is -0.444 e. The molecule has 1 aromatic carbocycles. The number of amides is 2. The summed E-state index contributed by atoms with van der Waals surface area (Å²) in [6, 6.07) is 5.87. The first kappa shape index (κ1) is 31.7. The first-order chi connectivity index (χ1) is 16.4. The van der Waals surface area contributed by atoms with Crippen LogP contribution in [0.5, 0.6) is 0 Å². The van der Waals surface area contributed by atoms with Crippen LogP contribution in [-0.4, -0.2) is 55.2 Å². The van der Waals surface area contributed by atoms with Gasteiger partial charge in [-0.3, -0.25) is 5.32 Å². The van der Waals surface area contributed by atoms with Gasteiger partial charge in [0, 0.05) is 24.8 Å². The molecule has 1 atom stereocenters. The van der Waals surface area contributed by atoms with Gasteiger partial charge in [0.2, 0.25) is 10.0 Å². The number of anilines is 1. The van der Waals surface area contributed by atoms with E-state index < -0.39 is 33.4 Å². The van der Waals surface area contributed by atoms with Crippen molar-refractivity contribution in [2.24, 2.45) is 5.92 Å². The zero-order valence-corrected chi connectivity index (χ0v) is 24.1. The average molecular weight is 528 g/mol. The zero-order valence-electron chi connectivity index (χ0n) is 23.3. The van der Waals surface area contributed by atoms with Crippen LogP contribution in [-0.2, 0) is 19.5 Å². The molecule has 0 fully saturated rings. The number of hydrogen-bond donors (Lipinski definition) is 2. The molecular weight excluding hydrogens is 482 g/mol. The van der Waals surface area contributed by atoms with Gasteiger partial charge in [0.05, 0.1) is 4.90 Å². The van der Waals surface area contributed by atoms with E-state index in [0.717, 1.165) is 6.42 Å². The van der Waals surface area contributed by atoms with E-state index in [0.29, 0.717) is 31.6 Å². The molecule has 0 spiro atoms. The van der Waals surface area contributed by atoms with Crippen molar-refractivity contribution in [1.29, 1.82) is 0 Å². The van der Waals surface area contributed by atoms with E-state index >= 15 is 0 Å². The molecule has 0 bridgehead atoms. The summed E-state index contributed by atoms with van der Waals surface area (Å²) < 4.78 is 39.0. The summed E-state index contributed by atoms with van der Waals surface area (Å²) in [7, 11) is -3.75. The molecule has 206 valence electrons. The molecular formula is C26H45N3O6S. The molecule has 1 aromatic rings. The van der Waals surface area contributed by atoms with Crippen molar-refractivity contribution in [3.05, 3.63) is 24.3 Å². The first-order valence-electron chi connectivity index (χ1n) is 12.5. The quantitative estimate of drug-likeness (QED) is 0.354. The Labute approximate surface area is 217 Å². The van der Waals surface area contributed by atoms with Crippen LogP contribution < -0.4 is 10.6 Å². The Morgan fingerprint density at radius 2 is 1.42 bits per heavy atom. The standard InChI is InChI=1S/C26H45N3O6S/c1-19(2)18-29(20(3)12-10-11-17-27-23(30)34-25(4,5)6)36(32,33)22-15-13-21(14-16-22)28-24(31)35-26(7,8)9/h13-16,19-20H,10-12,17-18H2,1-9H3,(H,27,30)(H,28,31)/t20-/m1/s1. The third-order valence-corrected chi connectivity index (χ3v) is 6.85. The number of hydrogen-bond acceptors (Lipinski definition) is 6. The summed E-state index contributed by atoms with van der Waals surface area (Å²) in [6.45, 7) is 17.4. The van der Waals surface area contributed by atoms with Gasteiger partial charge in [-0.25, -0.2) is 18.0 Å². The molecule has 36 heavy (non-hydrogen) atoms. The molecule has 0 aliphatic carbocycles. The number of rotatable bonds is 11. The van der Waals surface area contributed by atoms with Crippen molar-refractivity contribution in [3.63, 3.8) is 0 Å². The van der Waals surface area contributed by atoms with Gasteiger partial charge < -0.3 is 14.8 Å². The van der Waals surface area contributed by atoms with Gasteiger partial charge >= 0.3 is 12.2 Å². The fourth-order valence-electron chi connectivity index (χ4n) is 3.36. The third-order valence-electron chi connectivity index (χ3n) is 4.86. The van der Waals surface area contributed by atoms with E-state index in [9.17, 15) is 18.0 Å². The molecule has 1 rings (SSSR count). The van der Waals surface area contributed by atoms with Crippen LogP contribution in [0.1, 0.15) is 81.6 Å². The van der Waals surface area contributed by atoms with Crippen LogP contribution in [0.2, 0.25) is 0 Å². The van der Waals surface area contributed by atoms with E-state index in [1.807, 2.05) is 41.5 Å². The molecule has 0 aliphatic heterocycles. The Balaban J connectivity index is 2.78. The van der Waals surface area contributed by atoms with Gasteiger partial charge in [0.25, 0.3) is 0 Å². The van der Waals surface area contributed by atoms with E-state index in [-0.39, 0.29) is 16.9 Å². The summed E-state index contributed by atoms with van der Waals surface area (Å²) in [4.78, 5) is 23.9. The molecule has 0 aromatic heterocycles. The summed E-state index contributed by atoms with van der Waals surface area (Å²) in [5.74, 6) is 0.143. The van der Waals surface area contributed by atoms with Gasteiger partial charge in [-0.2, -0.15) is 4.31 Å². The lowest BCUT2D eigenvalue weighted by atomic mass is 10.1. The van der Waals surface area contributed by atoms with Crippen LogP contribution in [0.25, 0.3) is 0 Å². The largest absolute Gasteiger partial charge is 0.444 e. The topological polar surface area (TPSA) is 114 Å². The van der Waals surface area contributed by atoms with Crippen LogP contribution in [0.15, 0.2) is 29.2 Å². The van der Waals surface area contributed by atoms with E-state index in [4.69, 9.17) is 9.47 Å². The minimum atomic E-state index is -3.75. The molecule has 2 N–H and O–H groups in total. The maximum atomic E-state index is 13.5. The normalized spacial score (nSPS) is 13.4. The first-order valence-corrected chi connectivity index (χ1v) is 13.9. The number of benzene rings is 1. The number of nitrogens with zero attached hydrogens (tertiary/aromatic N) is 1. The average Bonchev–Trinajstić information content (AvgIpc) is 2.69. The zero-order chi connectivity index (χ0) is 27.7. The maximum absolute atomic E-state index is 13.5. The highest BCUT2D eigenvalue weighted by molar-refractivity contribution is 7.89. The van der Waals surface area contributed by atoms with Crippen molar-refractivity contribution < 1.29 is 27.5 Å². The lowest BCUT2D eigenvalue weighted by molar-refractivity contribution is 0.0525.